The zero-order valence-corrected chi connectivity index (χ0v) is 22.0. The summed E-state index contributed by atoms with van der Waals surface area (Å²) < 4.78 is 27.0. The minimum Gasteiger partial charge on any atom is -0.352 e. The third-order valence-corrected chi connectivity index (χ3v) is 7.81. The van der Waals surface area contributed by atoms with E-state index in [0.29, 0.717) is 11.4 Å². The molecule has 2 amide bonds. The molecular weight excluding hydrogens is 474 g/mol. The molecule has 0 saturated carbocycles. The predicted octanol–water partition coefficient (Wildman–Crippen LogP) is 3.99. The molecule has 0 saturated heterocycles. The third-order valence-electron chi connectivity index (χ3n) is 5.74. The van der Waals surface area contributed by atoms with Gasteiger partial charge in [0, 0.05) is 24.7 Å². The van der Waals surface area contributed by atoms with Crippen LogP contribution >= 0.6 is 11.6 Å². The summed E-state index contributed by atoms with van der Waals surface area (Å²) in [5, 5.41) is 3.37. The molecule has 0 aliphatic rings. The van der Waals surface area contributed by atoms with E-state index in [9.17, 15) is 18.0 Å². The normalized spacial score (nSPS) is 13.4. The Kier molecular flexibility index (Phi) is 10.1. The molecule has 0 aliphatic carbocycles. The largest absolute Gasteiger partial charge is 0.352 e. The Morgan fingerprint density at radius 1 is 1.00 bits per heavy atom. The molecule has 34 heavy (non-hydrogen) atoms. The highest BCUT2D eigenvalue weighted by atomic mass is 35.5. The van der Waals surface area contributed by atoms with E-state index in [-0.39, 0.29) is 23.4 Å². The lowest BCUT2D eigenvalue weighted by molar-refractivity contribution is -0.141. The molecular formula is C25H34ClN3O4S. The fourth-order valence-electron chi connectivity index (χ4n) is 3.40. The molecule has 2 atom stereocenters. The van der Waals surface area contributed by atoms with Crippen molar-refractivity contribution in [2.75, 3.05) is 13.6 Å². The summed E-state index contributed by atoms with van der Waals surface area (Å²) in [7, 11) is -2.56. The zero-order chi connectivity index (χ0) is 25.5. The number of nitrogens with one attached hydrogen (secondary N) is 1. The highest BCUT2D eigenvalue weighted by Crippen LogP contribution is 2.19. The molecule has 1 N–H and O–H groups in total. The molecule has 0 bridgehead atoms. The van der Waals surface area contributed by atoms with Crippen LogP contribution in [0.2, 0.25) is 5.02 Å². The maximum atomic E-state index is 13.4. The molecule has 0 fully saturated rings. The van der Waals surface area contributed by atoms with Gasteiger partial charge in [-0.15, -0.1) is 0 Å². The summed E-state index contributed by atoms with van der Waals surface area (Å²) >= 11 is 5.87. The number of carbonyl (C=O) groups excluding carboxylic acids is 2. The lowest BCUT2D eigenvalue weighted by Gasteiger charge is -2.32. The molecule has 2 rings (SSSR count). The van der Waals surface area contributed by atoms with Crippen molar-refractivity contribution in [2.24, 2.45) is 0 Å². The van der Waals surface area contributed by atoms with Crippen LogP contribution in [0.5, 0.6) is 0 Å². The third kappa shape index (κ3) is 7.29. The van der Waals surface area contributed by atoms with Gasteiger partial charge in [0.25, 0.3) is 0 Å². The number of carbonyl (C=O) groups is 2. The molecule has 9 heteroatoms. The molecule has 2 aromatic rings. The molecule has 0 aliphatic heterocycles. The first-order chi connectivity index (χ1) is 16.0. The molecule has 186 valence electrons. The van der Waals surface area contributed by atoms with Gasteiger partial charge in [0.2, 0.25) is 21.8 Å². The van der Waals surface area contributed by atoms with Gasteiger partial charge in [-0.1, -0.05) is 55.3 Å². The van der Waals surface area contributed by atoms with Crippen LogP contribution in [0.4, 0.5) is 0 Å². The number of hydrogen-bond donors (Lipinski definition) is 1. The summed E-state index contributed by atoms with van der Waals surface area (Å²) in [5.74, 6) is -0.702. The van der Waals surface area contributed by atoms with Gasteiger partial charge in [-0.3, -0.25) is 9.59 Å². The number of nitrogens with zero attached hydrogens (tertiary/aromatic N) is 2. The quantitative estimate of drug-likeness (QED) is 0.498. The van der Waals surface area contributed by atoms with E-state index < -0.39 is 28.5 Å². The van der Waals surface area contributed by atoms with Crippen LogP contribution in [-0.2, 0) is 26.2 Å². The predicted molar refractivity (Wildman–Crippen MR) is 135 cm³/mol. The fourth-order valence-corrected chi connectivity index (χ4v) is 4.65. The highest BCUT2D eigenvalue weighted by Gasteiger charge is 2.32. The van der Waals surface area contributed by atoms with Crippen molar-refractivity contribution in [3.05, 3.63) is 64.7 Å². The van der Waals surface area contributed by atoms with Crippen LogP contribution in [0, 0.1) is 6.92 Å². The van der Waals surface area contributed by atoms with E-state index in [1.807, 2.05) is 52.0 Å². The first-order valence-electron chi connectivity index (χ1n) is 11.4. The standard InChI is InChI=1S/C25H34ClN3O4S/c1-6-19(4)27-25(31)23(7-2)29(16-20-10-8-18(3)9-11-20)24(30)17-28(5)34(32,33)22-14-12-21(26)13-15-22/h8-15,19,23H,6-7,16-17H2,1-5H3,(H,27,31). The molecule has 0 aromatic heterocycles. The lowest BCUT2D eigenvalue weighted by atomic mass is 10.1. The van der Waals surface area contributed by atoms with Crippen molar-refractivity contribution in [3.8, 4) is 0 Å². The number of hydrogen-bond acceptors (Lipinski definition) is 4. The minimum atomic E-state index is -3.91. The number of rotatable bonds is 11. The summed E-state index contributed by atoms with van der Waals surface area (Å²) in [4.78, 5) is 28.0. The summed E-state index contributed by atoms with van der Waals surface area (Å²) in [6.45, 7) is 7.48. The van der Waals surface area contributed by atoms with Gasteiger partial charge in [0.15, 0.2) is 0 Å². The van der Waals surface area contributed by atoms with Crippen LogP contribution in [0.15, 0.2) is 53.4 Å². The Hall–Kier alpha value is -2.42. The van der Waals surface area contributed by atoms with Gasteiger partial charge in [-0.2, -0.15) is 4.31 Å². The summed E-state index contributed by atoms with van der Waals surface area (Å²) in [6.07, 6.45) is 1.16. The Morgan fingerprint density at radius 3 is 2.12 bits per heavy atom. The van der Waals surface area contributed by atoms with Crippen LogP contribution in [0.1, 0.15) is 44.7 Å². The van der Waals surface area contributed by atoms with Gasteiger partial charge in [0.05, 0.1) is 11.4 Å². The Bertz CT molecular complexity index is 1070. The van der Waals surface area contributed by atoms with E-state index in [2.05, 4.69) is 5.32 Å². The Morgan fingerprint density at radius 2 is 1.59 bits per heavy atom. The van der Waals surface area contributed by atoms with Crippen molar-refractivity contribution in [3.63, 3.8) is 0 Å². The minimum absolute atomic E-state index is 0.0363. The van der Waals surface area contributed by atoms with Crippen molar-refractivity contribution in [1.82, 2.24) is 14.5 Å². The first-order valence-corrected chi connectivity index (χ1v) is 13.2. The second-order valence-corrected chi connectivity index (χ2v) is 10.9. The van der Waals surface area contributed by atoms with Crippen molar-refractivity contribution in [1.29, 1.82) is 0 Å². The van der Waals surface area contributed by atoms with E-state index in [0.717, 1.165) is 21.9 Å². The number of aryl methyl sites for hydroxylation is 1. The van der Waals surface area contributed by atoms with Gasteiger partial charge in [0.1, 0.15) is 6.04 Å². The number of benzene rings is 2. The highest BCUT2D eigenvalue weighted by molar-refractivity contribution is 7.89. The van der Waals surface area contributed by atoms with Gasteiger partial charge in [-0.05, 0) is 56.5 Å². The SMILES string of the molecule is CCC(C)NC(=O)C(CC)N(Cc1ccc(C)cc1)C(=O)CN(C)S(=O)(=O)c1ccc(Cl)cc1. The van der Waals surface area contributed by atoms with Gasteiger partial charge >= 0.3 is 0 Å². The summed E-state index contributed by atoms with van der Waals surface area (Å²) in [5.41, 5.74) is 1.94. The second kappa shape index (κ2) is 12.3. The van der Waals surface area contributed by atoms with Crippen molar-refractivity contribution >= 4 is 33.4 Å². The lowest BCUT2D eigenvalue weighted by Crippen LogP contribution is -2.53. The average Bonchev–Trinajstić information content (AvgIpc) is 2.80. The molecule has 0 heterocycles. The van der Waals surface area contributed by atoms with Crippen molar-refractivity contribution in [2.45, 2.75) is 64.1 Å². The maximum absolute atomic E-state index is 13.4. The monoisotopic (exact) mass is 507 g/mol. The van der Waals surface area contributed by atoms with E-state index >= 15 is 0 Å². The number of halogens is 1. The fraction of sp³-hybridized carbons (Fsp3) is 0.440. The molecule has 2 unspecified atom stereocenters. The van der Waals surface area contributed by atoms with Crippen molar-refractivity contribution < 1.29 is 18.0 Å². The maximum Gasteiger partial charge on any atom is 0.243 e. The number of likely N-dealkylation sites (N-methyl/N-ethyl adjacent to an activating group) is 1. The van der Waals surface area contributed by atoms with E-state index in [4.69, 9.17) is 11.6 Å². The zero-order valence-electron chi connectivity index (χ0n) is 20.4. The Labute approximate surface area is 208 Å². The van der Waals surface area contributed by atoms with Gasteiger partial charge < -0.3 is 10.2 Å². The molecule has 2 aromatic carbocycles. The van der Waals surface area contributed by atoms with Crippen LogP contribution in [0.3, 0.4) is 0 Å². The summed E-state index contributed by atoms with van der Waals surface area (Å²) in [6, 6.07) is 12.7. The molecule has 0 spiro atoms. The van der Waals surface area contributed by atoms with E-state index in [1.54, 1.807) is 0 Å². The number of amides is 2. The topological polar surface area (TPSA) is 86.8 Å². The van der Waals surface area contributed by atoms with Crippen LogP contribution < -0.4 is 5.32 Å². The van der Waals surface area contributed by atoms with Gasteiger partial charge in [-0.25, -0.2) is 8.42 Å². The second-order valence-electron chi connectivity index (χ2n) is 8.46. The number of sulfonamides is 1. The first kappa shape index (κ1) is 27.8. The van der Waals surface area contributed by atoms with Crippen LogP contribution in [0.25, 0.3) is 0 Å². The molecule has 7 nitrogen and oxygen atoms in total. The van der Waals surface area contributed by atoms with Crippen LogP contribution in [-0.4, -0.2) is 55.1 Å². The Balaban J connectivity index is 2.32. The van der Waals surface area contributed by atoms with E-state index in [1.165, 1.54) is 36.2 Å². The smallest absolute Gasteiger partial charge is 0.243 e. The molecule has 0 radical (unpaired) electrons. The average molecular weight is 508 g/mol.